The predicted molar refractivity (Wildman–Crippen MR) is 98.0 cm³/mol. The van der Waals surface area contributed by atoms with Crippen LogP contribution in [0.25, 0.3) is 28.4 Å². The molecule has 0 saturated carbocycles. The van der Waals surface area contributed by atoms with Crippen LogP contribution in [0.4, 0.5) is 0 Å². The summed E-state index contributed by atoms with van der Waals surface area (Å²) < 4.78 is 8.28. The third-order valence-corrected chi connectivity index (χ3v) is 4.65. The van der Waals surface area contributed by atoms with Crippen molar-refractivity contribution in [3.8, 4) is 22.6 Å². The highest BCUT2D eigenvalue weighted by atomic mass is 79.9. The molecule has 4 aromatic rings. The van der Waals surface area contributed by atoms with Gasteiger partial charge in [0.15, 0.2) is 0 Å². The zero-order valence-electron chi connectivity index (χ0n) is 12.6. The van der Waals surface area contributed by atoms with Gasteiger partial charge in [-0.1, -0.05) is 39.7 Å². The number of carboxylic acid groups (broad SMARTS) is 1. The Bertz CT molecular complexity index is 1100. The van der Waals surface area contributed by atoms with Crippen molar-refractivity contribution in [3.63, 3.8) is 0 Å². The van der Waals surface area contributed by atoms with Crippen molar-refractivity contribution >= 4 is 39.2 Å². The second-order valence-corrected chi connectivity index (χ2v) is 6.69. The highest BCUT2D eigenvalue weighted by Gasteiger charge is 2.19. The van der Waals surface area contributed by atoms with Crippen LogP contribution in [0, 0.1) is 0 Å². The molecule has 2 aromatic heterocycles. The quantitative estimate of drug-likeness (QED) is 0.486. The molecule has 0 amide bonds. The molecule has 5 nitrogen and oxygen atoms in total. The highest BCUT2D eigenvalue weighted by molar-refractivity contribution is 9.10. The fourth-order valence-corrected chi connectivity index (χ4v) is 3.21. The minimum atomic E-state index is -0.968. The topological polar surface area (TPSA) is 67.7 Å². The van der Waals surface area contributed by atoms with Crippen LogP contribution >= 0.6 is 27.5 Å². The standard InChI is InChI=1S/C18H10BrClN2O3/c19-12-5-6-14(20)13(9-12)15-17-22(7-8-25-17)16(21-15)10-1-3-11(4-2-10)18(23)24/h1-9H,(H,23,24). The fourth-order valence-electron chi connectivity index (χ4n) is 2.64. The summed E-state index contributed by atoms with van der Waals surface area (Å²) in [4.78, 5) is 15.7. The number of oxazole rings is 1. The third-order valence-electron chi connectivity index (χ3n) is 3.83. The Kier molecular flexibility index (Phi) is 3.86. The van der Waals surface area contributed by atoms with Gasteiger partial charge in [-0.15, -0.1) is 0 Å². The number of aromatic nitrogens is 2. The van der Waals surface area contributed by atoms with E-state index in [1.54, 1.807) is 42.8 Å². The second kappa shape index (κ2) is 6.06. The molecule has 0 aliphatic heterocycles. The number of halogens is 2. The number of benzene rings is 2. The lowest BCUT2D eigenvalue weighted by atomic mass is 10.1. The molecule has 0 saturated heterocycles. The number of nitrogens with zero attached hydrogens (tertiary/aromatic N) is 2. The number of rotatable bonds is 3. The zero-order valence-corrected chi connectivity index (χ0v) is 15.0. The van der Waals surface area contributed by atoms with Crippen molar-refractivity contribution in [2.75, 3.05) is 0 Å². The Labute approximate surface area is 155 Å². The van der Waals surface area contributed by atoms with E-state index in [1.807, 2.05) is 16.5 Å². The van der Waals surface area contributed by atoms with Gasteiger partial charge in [-0.2, -0.15) is 0 Å². The molecule has 1 N–H and O–H groups in total. The summed E-state index contributed by atoms with van der Waals surface area (Å²) >= 11 is 9.77. The summed E-state index contributed by atoms with van der Waals surface area (Å²) in [6.07, 6.45) is 3.33. The Hall–Kier alpha value is -2.57. The maximum absolute atomic E-state index is 11.0. The zero-order chi connectivity index (χ0) is 17.6. The third kappa shape index (κ3) is 2.73. The maximum Gasteiger partial charge on any atom is 0.335 e. The number of hydrogen-bond donors (Lipinski definition) is 1. The SMILES string of the molecule is O=C(O)c1ccc(-c2nc(-c3cc(Br)ccc3Cl)c3occn23)cc1. The molecule has 0 spiro atoms. The fraction of sp³-hybridized carbons (Fsp3) is 0. The van der Waals surface area contributed by atoms with Gasteiger partial charge in [0, 0.05) is 21.8 Å². The average molecular weight is 418 g/mol. The van der Waals surface area contributed by atoms with Crippen LogP contribution in [0.15, 0.2) is 63.8 Å². The number of fused-ring (bicyclic) bond motifs is 1. The van der Waals surface area contributed by atoms with Crippen LogP contribution in [0.5, 0.6) is 0 Å². The van der Waals surface area contributed by atoms with E-state index < -0.39 is 5.97 Å². The lowest BCUT2D eigenvalue weighted by Gasteiger charge is -2.01. The van der Waals surface area contributed by atoms with Gasteiger partial charge in [0.25, 0.3) is 0 Å². The normalized spacial score (nSPS) is 11.1. The first-order valence-electron chi connectivity index (χ1n) is 7.29. The van der Waals surface area contributed by atoms with Gasteiger partial charge in [-0.3, -0.25) is 4.40 Å². The van der Waals surface area contributed by atoms with Gasteiger partial charge in [-0.05, 0) is 30.3 Å². The first kappa shape index (κ1) is 15.9. The van der Waals surface area contributed by atoms with E-state index in [0.29, 0.717) is 22.3 Å². The molecule has 2 heterocycles. The monoisotopic (exact) mass is 416 g/mol. The van der Waals surface area contributed by atoms with Crippen molar-refractivity contribution in [2.45, 2.75) is 0 Å². The number of carbonyl (C=O) groups is 1. The molecular formula is C18H10BrClN2O3. The first-order chi connectivity index (χ1) is 12.0. The largest absolute Gasteiger partial charge is 0.478 e. The molecule has 124 valence electrons. The smallest absolute Gasteiger partial charge is 0.335 e. The summed E-state index contributed by atoms with van der Waals surface area (Å²) in [5, 5.41) is 9.60. The second-order valence-electron chi connectivity index (χ2n) is 5.37. The molecule has 25 heavy (non-hydrogen) atoms. The summed E-state index contributed by atoms with van der Waals surface area (Å²) in [6.45, 7) is 0. The molecule has 7 heteroatoms. The van der Waals surface area contributed by atoms with Crippen LogP contribution < -0.4 is 0 Å². The van der Waals surface area contributed by atoms with Crippen molar-refractivity contribution < 1.29 is 14.3 Å². The van der Waals surface area contributed by atoms with Crippen LogP contribution in [-0.4, -0.2) is 20.5 Å². The minimum absolute atomic E-state index is 0.221. The number of hydrogen-bond acceptors (Lipinski definition) is 3. The molecule has 2 aromatic carbocycles. The van der Waals surface area contributed by atoms with Crippen molar-refractivity contribution in [1.82, 2.24) is 9.38 Å². The number of aromatic carboxylic acids is 1. The average Bonchev–Trinajstić information content (AvgIpc) is 3.20. The Morgan fingerprint density at radius 2 is 1.96 bits per heavy atom. The van der Waals surface area contributed by atoms with Gasteiger partial charge in [0.1, 0.15) is 17.8 Å². The van der Waals surface area contributed by atoms with Gasteiger partial charge in [0.2, 0.25) is 5.71 Å². The summed E-state index contributed by atoms with van der Waals surface area (Å²) in [5.41, 5.74) is 2.93. The molecular weight excluding hydrogens is 408 g/mol. The Balaban J connectivity index is 1.91. The van der Waals surface area contributed by atoms with E-state index in [9.17, 15) is 4.79 Å². The summed E-state index contributed by atoms with van der Waals surface area (Å²) in [7, 11) is 0. The molecule has 0 radical (unpaired) electrons. The van der Waals surface area contributed by atoms with Gasteiger partial charge >= 0.3 is 5.97 Å². The maximum atomic E-state index is 11.0. The van der Waals surface area contributed by atoms with E-state index in [1.165, 1.54) is 0 Å². The van der Waals surface area contributed by atoms with Crippen LogP contribution in [-0.2, 0) is 0 Å². The molecule has 0 atom stereocenters. The first-order valence-corrected chi connectivity index (χ1v) is 8.46. The van der Waals surface area contributed by atoms with Gasteiger partial charge in [-0.25, -0.2) is 9.78 Å². The van der Waals surface area contributed by atoms with E-state index >= 15 is 0 Å². The van der Waals surface area contributed by atoms with Gasteiger partial charge < -0.3 is 9.52 Å². The van der Waals surface area contributed by atoms with Crippen molar-refractivity contribution in [1.29, 1.82) is 0 Å². The Morgan fingerprint density at radius 3 is 2.68 bits per heavy atom. The molecule has 0 unspecified atom stereocenters. The van der Waals surface area contributed by atoms with Crippen LogP contribution in [0.3, 0.4) is 0 Å². The number of carboxylic acids is 1. The molecule has 0 aliphatic carbocycles. The van der Waals surface area contributed by atoms with Gasteiger partial charge in [0.05, 0.1) is 10.6 Å². The summed E-state index contributed by atoms with van der Waals surface area (Å²) in [5.74, 6) is -0.323. The van der Waals surface area contributed by atoms with E-state index in [0.717, 1.165) is 15.6 Å². The number of imidazole rings is 1. The van der Waals surface area contributed by atoms with E-state index in [4.69, 9.17) is 21.1 Å². The van der Waals surface area contributed by atoms with E-state index in [-0.39, 0.29) is 5.56 Å². The molecule has 0 aliphatic rings. The lowest BCUT2D eigenvalue weighted by Crippen LogP contribution is -1.95. The lowest BCUT2D eigenvalue weighted by molar-refractivity contribution is 0.0697. The highest BCUT2D eigenvalue weighted by Crippen LogP contribution is 2.35. The van der Waals surface area contributed by atoms with Crippen molar-refractivity contribution in [2.24, 2.45) is 0 Å². The van der Waals surface area contributed by atoms with Crippen LogP contribution in [0.1, 0.15) is 10.4 Å². The predicted octanol–water partition coefficient (Wildman–Crippen LogP) is 5.38. The van der Waals surface area contributed by atoms with Crippen molar-refractivity contribution in [3.05, 3.63) is 70.0 Å². The molecule has 4 rings (SSSR count). The van der Waals surface area contributed by atoms with Crippen LogP contribution in [0.2, 0.25) is 5.02 Å². The molecule has 0 bridgehead atoms. The van der Waals surface area contributed by atoms with E-state index in [2.05, 4.69) is 20.9 Å². The Morgan fingerprint density at radius 1 is 1.20 bits per heavy atom. The minimum Gasteiger partial charge on any atom is -0.478 e. The molecule has 0 fully saturated rings. The summed E-state index contributed by atoms with van der Waals surface area (Å²) in [6, 6.07) is 12.1.